The minimum atomic E-state index is -0.823. The van der Waals surface area contributed by atoms with Gasteiger partial charge in [-0.3, -0.25) is 9.59 Å². The molecule has 130 valence electrons. The molecule has 1 aliphatic rings. The molecule has 0 bridgehead atoms. The van der Waals surface area contributed by atoms with Crippen molar-refractivity contribution in [2.24, 2.45) is 0 Å². The Morgan fingerprint density at radius 2 is 1.81 bits per heavy atom. The summed E-state index contributed by atoms with van der Waals surface area (Å²) in [7, 11) is 0. The van der Waals surface area contributed by atoms with Gasteiger partial charge in [-0.15, -0.1) is 0 Å². The smallest absolute Gasteiger partial charge is 0.324 e. The Hall–Kier alpha value is -3.55. The number of pyridine rings is 1. The summed E-state index contributed by atoms with van der Waals surface area (Å²) < 4.78 is 1.71. The van der Waals surface area contributed by atoms with Crippen LogP contribution in [-0.4, -0.2) is 37.6 Å². The van der Waals surface area contributed by atoms with Crippen LogP contribution in [0.3, 0.4) is 0 Å². The first-order valence-corrected chi connectivity index (χ1v) is 8.04. The number of aryl methyl sites for hydroxylation is 2. The largest absolute Gasteiger partial charge is 0.365 e. The average molecular weight is 350 g/mol. The molecule has 4 rings (SSSR count). The van der Waals surface area contributed by atoms with Gasteiger partial charge in [-0.05, 0) is 32.0 Å². The van der Waals surface area contributed by atoms with Crippen LogP contribution < -0.4 is 0 Å². The number of benzene rings is 1. The second kappa shape index (κ2) is 5.76. The van der Waals surface area contributed by atoms with Crippen molar-refractivity contribution in [1.82, 2.24) is 19.8 Å². The molecule has 1 aliphatic heterocycles. The number of hydrogen-bond donors (Lipinski definition) is 0. The quantitative estimate of drug-likeness (QED) is 0.672. The Bertz CT molecular complexity index is 1050. The predicted octanol–water partition coefficient (Wildman–Crippen LogP) is 2.13. The van der Waals surface area contributed by atoms with Gasteiger partial charge in [-0.25, -0.2) is 14.5 Å². The zero-order chi connectivity index (χ0) is 18.4. The van der Waals surface area contributed by atoms with E-state index in [4.69, 9.17) is 4.84 Å². The number of rotatable bonds is 3. The summed E-state index contributed by atoms with van der Waals surface area (Å²) in [5, 5.41) is 5.36. The van der Waals surface area contributed by atoms with Crippen molar-refractivity contribution in [2.75, 3.05) is 0 Å². The lowest BCUT2D eigenvalue weighted by molar-refractivity contribution is -0.0585. The van der Waals surface area contributed by atoms with E-state index in [1.807, 2.05) is 6.92 Å². The third kappa shape index (κ3) is 2.26. The number of amides is 2. The van der Waals surface area contributed by atoms with Gasteiger partial charge in [0.15, 0.2) is 5.65 Å². The van der Waals surface area contributed by atoms with E-state index in [9.17, 15) is 14.4 Å². The van der Waals surface area contributed by atoms with Crippen molar-refractivity contribution in [1.29, 1.82) is 0 Å². The van der Waals surface area contributed by atoms with Crippen LogP contribution >= 0.6 is 0 Å². The first-order chi connectivity index (χ1) is 12.5. The number of carbonyl (C=O) groups is 3. The highest BCUT2D eigenvalue weighted by molar-refractivity contribution is 6.21. The molecule has 3 heterocycles. The van der Waals surface area contributed by atoms with Gasteiger partial charge in [-0.1, -0.05) is 17.2 Å². The van der Waals surface area contributed by atoms with E-state index in [2.05, 4.69) is 10.1 Å². The van der Waals surface area contributed by atoms with E-state index in [-0.39, 0.29) is 16.7 Å². The van der Waals surface area contributed by atoms with Gasteiger partial charge in [0.2, 0.25) is 0 Å². The third-order valence-corrected chi connectivity index (χ3v) is 4.25. The van der Waals surface area contributed by atoms with Crippen LogP contribution in [0.25, 0.3) is 11.0 Å². The van der Waals surface area contributed by atoms with Crippen molar-refractivity contribution in [3.8, 4) is 0 Å². The van der Waals surface area contributed by atoms with Crippen LogP contribution in [0.2, 0.25) is 0 Å². The van der Waals surface area contributed by atoms with Gasteiger partial charge in [0.05, 0.1) is 28.6 Å². The van der Waals surface area contributed by atoms with Crippen molar-refractivity contribution in [3.63, 3.8) is 0 Å². The van der Waals surface area contributed by atoms with Gasteiger partial charge in [0.1, 0.15) is 0 Å². The molecule has 8 heteroatoms. The van der Waals surface area contributed by atoms with Gasteiger partial charge < -0.3 is 4.84 Å². The topological polar surface area (TPSA) is 94.4 Å². The molecule has 0 unspecified atom stereocenters. The summed E-state index contributed by atoms with van der Waals surface area (Å²) in [6.07, 6.45) is 1.60. The molecule has 3 aromatic rings. The Labute approximate surface area is 147 Å². The molecule has 26 heavy (non-hydrogen) atoms. The maximum absolute atomic E-state index is 12.5. The van der Waals surface area contributed by atoms with E-state index in [0.717, 1.165) is 0 Å². The summed E-state index contributed by atoms with van der Waals surface area (Å²) in [6, 6.07) is 7.91. The lowest BCUT2D eigenvalue weighted by atomic mass is 10.1. The summed E-state index contributed by atoms with van der Waals surface area (Å²) in [5.41, 5.74) is 1.67. The number of aromatic nitrogens is 3. The molecule has 0 fully saturated rings. The predicted molar refractivity (Wildman–Crippen MR) is 90.3 cm³/mol. The maximum Gasteiger partial charge on any atom is 0.365 e. The Morgan fingerprint density at radius 3 is 2.42 bits per heavy atom. The molecular weight excluding hydrogens is 336 g/mol. The molecule has 0 aliphatic carbocycles. The number of hydrogen-bond acceptors (Lipinski definition) is 6. The Balaban J connectivity index is 1.65. The Morgan fingerprint density at radius 1 is 1.15 bits per heavy atom. The molecule has 0 atom stereocenters. The van der Waals surface area contributed by atoms with Gasteiger partial charge >= 0.3 is 5.97 Å². The zero-order valence-electron chi connectivity index (χ0n) is 14.1. The zero-order valence-corrected chi connectivity index (χ0v) is 14.1. The van der Waals surface area contributed by atoms with E-state index in [1.165, 1.54) is 12.1 Å². The lowest BCUT2D eigenvalue weighted by Gasteiger charge is -2.13. The van der Waals surface area contributed by atoms with Crippen molar-refractivity contribution < 1.29 is 19.2 Å². The van der Waals surface area contributed by atoms with Crippen LogP contribution in [0, 0.1) is 6.92 Å². The molecule has 0 N–H and O–H groups in total. The van der Waals surface area contributed by atoms with Gasteiger partial charge in [-0.2, -0.15) is 5.10 Å². The normalized spacial score (nSPS) is 13.4. The number of nitrogens with zero attached hydrogens (tertiary/aromatic N) is 4. The average Bonchev–Trinajstić information content (AvgIpc) is 3.15. The number of carbonyl (C=O) groups excluding carboxylic acids is 3. The monoisotopic (exact) mass is 350 g/mol. The molecule has 1 aromatic carbocycles. The van der Waals surface area contributed by atoms with Gasteiger partial charge in [0.25, 0.3) is 11.8 Å². The second-order valence-corrected chi connectivity index (χ2v) is 5.82. The molecule has 2 aromatic heterocycles. The maximum atomic E-state index is 12.5. The molecule has 0 spiro atoms. The highest BCUT2D eigenvalue weighted by Gasteiger charge is 2.39. The van der Waals surface area contributed by atoms with Crippen molar-refractivity contribution >= 4 is 28.8 Å². The molecule has 2 amide bonds. The molecule has 0 radical (unpaired) electrons. The fourth-order valence-corrected chi connectivity index (χ4v) is 2.92. The fourth-order valence-electron chi connectivity index (χ4n) is 2.92. The minimum Gasteiger partial charge on any atom is -0.324 e. The fraction of sp³-hybridized carbons (Fsp3) is 0.167. The first kappa shape index (κ1) is 15.9. The molecule has 8 nitrogen and oxygen atoms in total. The highest BCUT2D eigenvalue weighted by Crippen LogP contribution is 2.24. The number of imide groups is 1. The van der Waals surface area contributed by atoms with Crippen LogP contribution in [0.4, 0.5) is 0 Å². The van der Waals surface area contributed by atoms with Crippen molar-refractivity contribution in [2.45, 2.75) is 20.4 Å². The summed E-state index contributed by atoms with van der Waals surface area (Å²) in [4.78, 5) is 46.7. The van der Waals surface area contributed by atoms with E-state index in [1.54, 1.807) is 36.0 Å². The van der Waals surface area contributed by atoms with E-state index in [0.29, 0.717) is 28.3 Å². The number of fused-ring (bicyclic) bond motifs is 2. The van der Waals surface area contributed by atoms with Crippen molar-refractivity contribution in [3.05, 3.63) is 58.9 Å². The van der Waals surface area contributed by atoms with E-state index >= 15 is 0 Å². The molecule has 0 saturated heterocycles. The molecular formula is C18H14N4O4. The number of hydroxylamine groups is 2. The summed E-state index contributed by atoms with van der Waals surface area (Å²) >= 11 is 0. The van der Waals surface area contributed by atoms with Crippen LogP contribution in [0.5, 0.6) is 0 Å². The third-order valence-electron chi connectivity index (χ3n) is 4.25. The summed E-state index contributed by atoms with van der Waals surface area (Å²) in [6.45, 7) is 4.24. The molecule has 0 saturated carbocycles. The first-order valence-electron chi connectivity index (χ1n) is 8.04. The summed E-state index contributed by atoms with van der Waals surface area (Å²) in [5.74, 6) is -2.15. The van der Waals surface area contributed by atoms with Crippen LogP contribution in [-0.2, 0) is 11.4 Å². The second-order valence-electron chi connectivity index (χ2n) is 5.82. The Kier molecular flexibility index (Phi) is 3.54. The standard InChI is InChI=1S/C18H14N4O4/c1-3-21-15-11(9-19-21)8-14(10(2)20-15)18(25)26-22-16(23)12-6-4-5-7-13(12)17(22)24/h4-9H,3H2,1-2H3. The van der Waals surface area contributed by atoms with Gasteiger partial charge in [0, 0.05) is 11.9 Å². The highest BCUT2D eigenvalue weighted by atomic mass is 16.7. The lowest BCUT2D eigenvalue weighted by Crippen LogP contribution is -2.33. The van der Waals surface area contributed by atoms with Crippen LogP contribution in [0.1, 0.15) is 43.7 Å². The minimum absolute atomic E-state index is 0.171. The van der Waals surface area contributed by atoms with E-state index < -0.39 is 17.8 Å². The SMILES string of the molecule is CCn1ncc2cc(C(=O)ON3C(=O)c4ccccc4C3=O)c(C)nc21. The van der Waals surface area contributed by atoms with Crippen LogP contribution in [0.15, 0.2) is 36.5 Å².